The molecule has 4 N–H and O–H groups in total. The summed E-state index contributed by atoms with van der Waals surface area (Å²) in [7, 11) is 0. The van der Waals surface area contributed by atoms with Crippen LogP contribution in [0.15, 0.2) is 42.5 Å². The summed E-state index contributed by atoms with van der Waals surface area (Å²) in [6, 6.07) is 9.76. The van der Waals surface area contributed by atoms with Gasteiger partial charge in [-0.3, -0.25) is 0 Å². The van der Waals surface area contributed by atoms with Crippen LogP contribution in [0.4, 0.5) is 26.2 Å². The Bertz CT molecular complexity index is 601. The summed E-state index contributed by atoms with van der Waals surface area (Å²) < 4.78 is 12.7. The lowest BCUT2D eigenvalue weighted by Gasteiger charge is -2.08. The Morgan fingerprint density at radius 1 is 1.05 bits per heavy atom. The highest BCUT2D eigenvalue weighted by molar-refractivity contribution is 6.33. The third kappa shape index (κ3) is 3.59. The molecule has 0 spiro atoms. The Kier molecular flexibility index (Phi) is 3.87. The van der Waals surface area contributed by atoms with Gasteiger partial charge in [0.25, 0.3) is 0 Å². The van der Waals surface area contributed by atoms with Crippen LogP contribution in [0.5, 0.6) is 0 Å². The number of nitrogens with two attached hydrogens (primary N) is 1. The molecule has 4 nitrogen and oxygen atoms in total. The number of anilines is 3. The molecular formula is C13H11ClFN3O. The molecule has 0 bridgehead atoms. The number of benzene rings is 2. The number of urea groups is 1. The number of nitrogen functional groups attached to an aromatic ring is 1. The highest BCUT2D eigenvalue weighted by Gasteiger charge is 2.04. The Labute approximate surface area is 114 Å². The molecule has 0 saturated carbocycles. The number of rotatable bonds is 2. The summed E-state index contributed by atoms with van der Waals surface area (Å²) in [5.41, 5.74) is 7.00. The molecule has 98 valence electrons. The minimum absolute atomic E-state index is 0.361. The van der Waals surface area contributed by atoms with Crippen molar-refractivity contribution in [3.8, 4) is 0 Å². The van der Waals surface area contributed by atoms with E-state index in [0.29, 0.717) is 22.1 Å². The molecule has 0 unspecified atom stereocenters. The van der Waals surface area contributed by atoms with E-state index in [0.717, 1.165) is 0 Å². The summed E-state index contributed by atoms with van der Waals surface area (Å²) >= 11 is 5.84. The van der Waals surface area contributed by atoms with Gasteiger partial charge in [0, 0.05) is 11.4 Å². The fourth-order valence-electron chi connectivity index (χ4n) is 1.43. The number of carbonyl (C=O) groups is 1. The Hall–Kier alpha value is -2.27. The predicted molar refractivity (Wildman–Crippen MR) is 74.9 cm³/mol. The summed E-state index contributed by atoms with van der Waals surface area (Å²) in [6.07, 6.45) is 0. The smallest absolute Gasteiger partial charge is 0.323 e. The van der Waals surface area contributed by atoms with Gasteiger partial charge in [0.15, 0.2) is 0 Å². The Balaban J connectivity index is 2.01. The molecule has 0 aliphatic carbocycles. The molecule has 0 aliphatic heterocycles. The number of nitrogens with one attached hydrogen (secondary N) is 2. The van der Waals surface area contributed by atoms with E-state index in [9.17, 15) is 9.18 Å². The van der Waals surface area contributed by atoms with Crippen molar-refractivity contribution in [3.63, 3.8) is 0 Å². The van der Waals surface area contributed by atoms with Crippen molar-refractivity contribution >= 4 is 34.7 Å². The Morgan fingerprint density at radius 3 is 2.26 bits per heavy atom. The zero-order chi connectivity index (χ0) is 13.8. The lowest BCUT2D eigenvalue weighted by molar-refractivity contribution is 0.262. The maximum atomic E-state index is 12.7. The van der Waals surface area contributed by atoms with E-state index in [-0.39, 0.29) is 5.82 Å². The van der Waals surface area contributed by atoms with Crippen molar-refractivity contribution in [2.45, 2.75) is 0 Å². The molecule has 0 aromatic heterocycles. The number of hydrogen-bond donors (Lipinski definition) is 3. The summed E-state index contributed by atoms with van der Waals surface area (Å²) in [5, 5.41) is 5.51. The summed E-state index contributed by atoms with van der Waals surface area (Å²) in [4.78, 5) is 11.7. The van der Waals surface area contributed by atoms with Crippen LogP contribution < -0.4 is 16.4 Å². The van der Waals surface area contributed by atoms with Crippen LogP contribution >= 0.6 is 11.6 Å². The maximum Gasteiger partial charge on any atom is 0.323 e. The van der Waals surface area contributed by atoms with E-state index in [4.69, 9.17) is 17.3 Å². The molecule has 2 amide bonds. The van der Waals surface area contributed by atoms with Crippen molar-refractivity contribution in [3.05, 3.63) is 53.3 Å². The molecule has 0 aliphatic rings. The van der Waals surface area contributed by atoms with Gasteiger partial charge in [0.2, 0.25) is 0 Å². The molecule has 2 aromatic rings. The van der Waals surface area contributed by atoms with E-state index in [2.05, 4.69) is 10.6 Å². The van der Waals surface area contributed by atoms with Gasteiger partial charge < -0.3 is 16.4 Å². The van der Waals surface area contributed by atoms with Crippen LogP contribution in [0.25, 0.3) is 0 Å². The molecular weight excluding hydrogens is 269 g/mol. The van der Waals surface area contributed by atoms with Crippen LogP contribution in [0, 0.1) is 5.82 Å². The van der Waals surface area contributed by atoms with Crippen molar-refractivity contribution in [2.75, 3.05) is 16.4 Å². The average Bonchev–Trinajstić information content (AvgIpc) is 2.37. The van der Waals surface area contributed by atoms with Crippen LogP contribution in [0.3, 0.4) is 0 Å². The monoisotopic (exact) mass is 279 g/mol. The molecule has 19 heavy (non-hydrogen) atoms. The quantitative estimate of drug-likeness (QED) is 0.734. The van der Waals surface area contributed by atoms with E-state index in [1.54, 1.807) is 18.2 Å². The van der Waals surface area contributed by atoms with Crippen molar-refractivity contribution in [1.82, 2.24) is 0 Å². The van der Waals surface area contributed by atoms with Gasteiger partial charge in [-0.15, -0.1) is 0 Å². The van der Waals surface area contributed by atoms with Crippen LogP contribution in [0.2, 0.25) is 5.02 Å². The van der Waals surface area contributed by atoms with E-state index in [1.807, 2.05) is 0 Å². The molecule has 2 aromatic carbocycles. The highest BCUT2D eigenvalue weighted by atomic mass is 35.5. The van der Waals surface area contributed by atoms with Crippen molar-refractivity contribution in [1.29, 1.82) is 0 Å². The first-order valence-corrected chi connectivity index (χ1v) is 5.81. The highest BCUT2D eigenvalue weighted by Crippen LogP contribution is 2.22. The fraction of sp³-hybridized carbons (Fsp3) is 0. The molecule has 0 radical (unpaired) electrons. The third-order valence-electron chi connectivity index (χ3n) is 2.36. The van der Waals surface area contributed by atoms with Gasteiger partial charge in [-0.25, -0.2) is 9.18 Å². The first kappa shape index (κ1) is 13.2. The molecule has 2 rings (SSSR count). The van der Waals surface area contributed by atoms with Crippen LogP contribution in [0.1, 0.15) is 0 Å². The second-order valence-electron chi connectivity index (χ2n) is 3.82. The zero-order valence-corrected chi connectivity index (χ0v) is 10.5. The van der Waals surface area contributed by atoms with Gasteiger partial charge in [0.05, 0.1) is 10.7 Å². The third-order valence-corrected chi connectivity index (χ3v) is 2.69. The number of carbonyl (C=O) groups excluding carboxylic acids is 1. The first-order chi connectivity index (χ1) is 9.04. The Morgan fingerprint density at radius 2 is 1.63 bits per heavy atom. The summed E-state index contributed by atoms with van der Waals surface area (Å²) in [6.45, 7) is 0. The van der Waals surface area contributed by atoms with E-state index >= 15 is 0 Å². The van der Waals surface area contributed by atoms with Crippen LogP contribution in [-0.4, -0.2) is 6.03 Å². The maximum absolute atomic E-state index is 12.7. The SMILES string of the molecule is Nc1ccc(NC(=O)Nc2ccc(F)cc2)cc1Cl. The minimum atomic E-state index is -0.451. The topological polar surface area (TPSA) is 67.1 Å². The molecule has 6 heteroatoms. The van der Waals surface area contributed by atoms with Gasteiger partial charge in [0.1, 0.15) is 5.82 Å². The normalized spacial score (nSPS) is 10.0. The standard InChI is InChI=1S/C13H11ClFN3O/c14-11-7-10(5-6-12(11)16)18-13(19)17-9-3-1-8(15)2-4-9/h1-7H,16H2,(H2,17,18,19). The molecule has 0 saturated heterocycles. The lowest BCUT2D eigenvalue weighted by Crippen LogP contribution is -2.19. The second kappa shape index (κ2) is 5.58. The van der Waals surface area contributed by atoms with Gasteiger partial charge in [-0.05, 0) is 42.5 Å². The minimum Gasteiger partial charge on any atom is -0.398 e. The van der Waals surface area contributed by atoms with Crippen LogP contribution in [-0.2, 0) is 0 Å². The average molecular weight is 280 g/mol. The zero-order valence-electron chi connectivity index (χ0n) is 9.78. The number of amides is 2. The van der Waals surface area contributed by atoms with Crippen molar-refractivity contribution in [2.24, 2.45) is 0 Å². The predicted octanol–water partition coefficient (Wildman–Crippen LogP) is 3.71. The van der Waals surface area contributed by atoms with Gasteiger partial charge in [-0.2, -0.15) is 0 Å². The largest absolute Gasteiger partial charge is 0.398 e. The lowest BCUT2D eigenvalue weighted by atomic mass is 10.3. The molecule has 0 heterocycles. The van der Waals surface area contributed by atoms with E-state index in [1.165, 1.54) is 24.3 Å². The first-order valence-electron chi connectivity index (χ1n) is 5.43. The molecule has 0 atom stereocenters. The second-order valence-corrected chi connectivity index (χ2v) is 4.23. The van der Waals surface area contributed by atoms with E-state index < -0.39 is 6.03 Å². The van der Waals surface area contributed by atoms with Crippen molar-refractivity contribution < 1.29 is 9.18 Å². The fourth-order valence-corrected chi connectivity index (χ4v) is 1.61. The number of halogens is 2. The van der Waals surface area contributed by atoms with Gasteiger partial charge >= 0.3 is 6.03 Å². The number of hydrogen-bond acceptors (Lipinski definition) is 2. The molecule has 0 fully saturated rings. The van der Waals surface area contributed by atoms with Gasteiger partial charge in [-0.1, -0.05) is 11.6 Å². The summed E-state index contributed by atoms with van der Waals surface area (Å²) in [5.74, 6) is -0.365.